The average Bonchev–Trinajstić information content (AvgIpc) is 3.18. The Kier molecular flexibility index (Phi) is 8.09. The molecule has 0 fully saturated rings. The van der Waals surface area contributed by atoms with Crippen molar-refractivity contribution in [1.82, 2.24) is 9.80 Å². The molecule has 11 heteroatoms. The van der Waals surface area contributed by atoms with Crippen LogP contribution < -0.4 is 9.47 Å². The van der Waals surface area contributed by atoms with Crippen LogP contribution in [0.5, 0.6) is 17.2 Å². The molecule has 1 amide bonds. The summed E-state index contributed by atoms with van der Waals surface area (Å²) in [6.45, 7) is 1.51. The third-order valence-electron chi connectivity index (χ3n) is 4.94. The summed E-state index contributed by atoms with van der Waals surface area (Å²) in [7, 11) is 7.14. The lowest BCUT2D eigenvalue weighted by molar-refractivity contribution is -0.138. The maximum absolute atomic E-state index is 13.5. The smallest absolute Gasteiger partial charge is 0.420 e. The summed E-state index contributed by atoms with van der Waals surface area (Å²) < 4.78 is 51.3. The van der Waals surface area contributed by atoms with Gasteiger partial charge in [0.15, 0.2) is 16.7 Å². The van der Waals surface area contributed by atoms with E-state index in [2.05, 4.69) is 4.99 Å². The van der Waals surface area contributed by atoms with E-state index >= 15 is 0 Å². The van der Waals surface area contributed by atoms with Crippen molar-refractivity contribution in [2.45, 2.75) is 6.18 Å². The zero-order chi connectivity index (χ0) is 25.8. The van der Waals surface area contributed by atoms with Crippen LogP contribution in [-0.4, -0.2) is 62.2 Å². The van der Waals surface area contributed by atoms with Gasteiger partial charge in [0.05, 0.1) is 29.2 Å². The van der Waals surface area contributed by atoms with Crippen molar-refractivity contribution < 1.29 is 27.4 Å². The van der Waals surface area contributed by atoms with Crippen LogP contribution in [0.4, 0.5) is 13.2 Å². The second-order valence-electron chi connectivity index (χ2n) is 7.87. The molecule has 0 saturated carbocycles. The molecule has 2 aromatic rings. The highest BCUT2D eigenvalue weighted by Gasteiger charge is 2.35. The monoisotopic (exact) mass is 504 g/mol. The summed E-state index contributed by atoms with van der Waals surface area (Å²) >= 11 is 1.25. The fraction of sp³-hybridized carbons (Fsp3) is 0.292. The summed E-state index contributed by atoms with van der Waals surface area (Å²) in [5, 5.41) is 9.52. The third-order valence-corrected chi connectivity index (χ3v) is 6.04. The number of alkyl halides is 3. The number of amidine groups is 1. The number of nitrogens with zero attached hydrogens (tertiary/aromatic N) is 4. The summed E-state index contributed by atoms with van der Waals surface area (Å²) in [5.41, 5.74) is -0.611. The largest absolute Gasteiger partial charge is 0.493 e. The van der Waals surface area contributed by atoms with Gasteiger partial charge in [0, 0.05) is 20.1 Å². The molecule has 0 radical (unpaired) electrons. The van der Waals surface area contributed by atoms with Crippen LogP contribution in [0.2, 0.25) is 0 Å². The van der Waals surface area contributed by atoms with Gasteiger partial charge in [0.2, 0.25) is 0 Å². The molecule has 184 valence electrons. The van der Waals surface area contributed by atoms with E-state index in [0.717, 1.165) is 18.7 Å². The van der Waals surface area contributed by atoms with Gasteiger partial charge in [0.1, 0.15) is 5.75 Å². The number of halogens is 3. The Hall–Kier alpha value is -3.49. The molecular weight excluding hydrogens is 481 g/mol. The van der Waals surface area contributed by atoms with Gasteiger partial charge in [-0.3, -0.25) is 4.79 Å². The summed E-state index contributed by atoms with van der Waals surface area (Å²) in [5.74, 6) is -0.596. The first-order valence-corrected chi connectivity index (χ1v) is 11.2. The molecule has 0 aliphatic carbocycles. The number of benzene rings is 2. The molecular formula is C24H23F3N4O3S. The standard InChI is InChI=1S/C24H23F3N4O3S/c1-30(2)9-10-31(3)23-29-22(32)21(35-23)13-15-5-8-19(20(12-15)33-4)34-18-7-6-16(14-28)11-17(18)24(25,26)27/h5-8,11-13H,9-10H2,1-4H3/b21-13+. The maximum atomic E-state index is 13.5. The predicted octanol–water partition coefficient (Wildman–Crippen LogP) is 4.84. The van der Waals surface area contributed by atoms with E-state index in [-0.39, 0.29) is 23.0 Å². The Morgan fingerprint density at radius 1 is 1.09 bits per heavy atom. The SMILES string of the molecule is COc1cc(/C=C2/SC(N(C)CCN(C)C)=NC2=O)ccc1Oc1ccc(C#N)cc1C(F)(F)F. The summed E-state index contributed by atoms with van der Waals surface area (Å²) in [6.07, 6.45) is -3.07. The second-order valence-corrected chi connectivity index (χ2v) is 8.88. The molecule has 0 spiro atoms. The van der Waals surface area contributed by atoms with E-state index in [0.29, 0.717) is 22.2 Å². The van der Waals surface area contributed by atoms with Crippen LogP contribution in [0.1, 0.15) is 16.7 Å². The van der Waals surface area contributed by atoms with Crippen molar-refractivity contribution >= 4 is 28.9 Å². The molecule has 0 N–H and O–H groups in total. The molecule has 0 unspecified atom stereocenters. The molecule has 2 aromatic carbocycles. The van der Waals surface area contributed by atoms with Crippen molar-refractivity contribution in [2.24, 2.45) is 4.99 Å². The van der Waals surface area contributed by atoms with Crippen LogP contribution in [0.25, 0.3) is 6.08 Å². The first-order chi connectivity index (χ1) is 16.5. The van der Waals surface area contributed by atoms with Crippen LogP contribution in [-0.2, 0) is 11.0 Å². The number of hydrogen-bond donors (Lipinski definition) is 0. The van der Waals surface area contributed by atoms with E-state index in [4.69, 9.17) is 14.7 Å². The molecule has 1 aliphatic rings. The molecule has 3 rings (SSSR count). The lowest BCUT2D eigenvalue weighted by atomic mass is 10.1. The summed E-state index contributed by atoms with van der Waals surface area (Å²) in [6, 6.07) is 9.37. The Labute approximate surface area is 205 Å². The number of aliphatic imine (C=N–C) groups is 1. The van der Waals surface area contributed by atoms with Gasteiger partial charge in [-0.2, -0.15) is 23.4 Å². The topological polar surface area (TPSA) is 78.2 Å². The Morgan fingerprint density at radius 2 is 1.80 bits per heavy atom. The van der Waals surface area contributed by atoms with Gasteiger partial charge in [-0.25, -0.2) is 0 Å². The number of hydrogen-bond acceptors (Lipinski definition) is 7. The predicted molar refractivity (Wildman–Crippen MR) is 128 cm³/mol. The minimum absolute atomic E-state index is 0.0515. The highest BCUT2D eigenvalue weighted by molar-refractivity contribution is 8.18. The fourth-order valence-corrected chi connectivity index (χ4v) is 3.95. The minimum atomic E-state index is -4.71. The Morgan fingerprint density at radius 3 is 2.43 bits per heavy atom. The van der Waals surface area contributed by atoms with Crippen molar-refractivity contribution in [1.29, 1.82) is 5.26 Å². The first kappa shape index (κ1) is 26.1. The number of carbonyl (C=O) groups is 1. The van der Waals surface area contributed by atoms with Gasteiger partial charge in [-0.15, -0.1) is 0 Å². The number of amides is 1. The van der Waals surface area contributed by atoms with Gasteiger partial charge < -0.3 is 19.3 Å². The van der Waals surface area contributed by atoms with E-state index in [1.165, 1.54) is 31.0 Å². The minimum Gasteiger partial charge on any atom is -0.493 e. The maximum Gasteiger partial charge on any atom is 0.420 e. The van der Waals surface area contributed by atoms with Gasteiger partial charge in [-0.05, 0) is 67.8 Å². The molecule has 35 heavy (non-hydrogen) atoms. The number of likely N-dealkylation sites (N-methyl/N-ethyl adjacent to an activating group) is 2. The third kappa shape index (κ3) is 6.55. The van der Waals surface area contributed by atoms with Crippen LogP contribution in [0.3, 0.4) is 0 Å². The van der Waals surface area contributed by atoms with Crippen molar-refractivity contribution in [3.05, 3.63) is 58.0 Å². The number of carbonyl (C=O) groups excluding carboxylic acids is 1. The highest BCUT2D eigenvalue weighted by Crippen LogP contribution is 2.41. The molecule has 7 nitrogen and oxygen atoms in total. The fourth-order valence-electron chi connectivity index (χ4n) is 3.05. The van der Waals surface area contributed by atoms with E-state index in [1.54, 1.807) is 24.3 Å². The second kappa shape index (κ2) is 10.8. The molecule has 0 atom stereocenters. The number of thioether (sulfide) groups is 1. The normalized spacial score (nSPS) is 14.8. The molecule has 0 aromatic heterocycles. The molecule has 1 heterocycles. The number of ether oxygens (including phenoxy) is 2. The van der Waals surface area contributed by atoms with Gasteiger partial charge in [-0.1, -0.05) is 6.07 Å². The number of methoxy groups -OCH3 is 1. The molecule has 1 aliphatic heterocycles. The van der Waals surface area contributed by atoms with Crippen molar-refractivity contribution in [3.63, 3.8) is 0 Å². The van der Waals surface area contributed by atoms with Crippen LogP contribution in [0.15, 0.2) is 46.3 Å². The number of rotatable bonds is 7. The van der Waals surface area contributed by atoms with Gasteiger partial charge in [0.25, 0.3) is 5.91 Å². The van der Waals surface area contributed by atoms with E-state index in [9.17, 15) is 18.0 Å². The van der Waals surface area contributed by atoms with E-state index < -0.39 is 17.5 Å². The van der Waals surface area contributed by atoms with E-state index in [1.807, 2.05) is 30.9 Å². The molecule has 0 bridgehead atoms. The van der Waals surface area contributed by atoms with Crippen molar-refractivity contribution in [2.75, 3.05) is 41.3 Å². The van der Waals surface area contributed by atoms with Crippen molar-refractivity contribution in [3.8, 4) is 23.3 Å². The first-order valence-electron chi connectivity index (χ1n) is 10.4. The summed E-state index contributed by atoms with van der Waals surface area (Å²) in [4.78, 5) is 20.8. The lowest BCUT2D eigenvalue weighted by Gasteiger charge is -2.19. The zero-order valence-electron chi connectivity index (χ0n) is 19.5. The molecule has 0 saturated heterocycles. The van der Waals surface area contributed by atoms with Crippen LogP contribution >= 0.6 is 11.8 Å². The average molecular weight is 505 g/mol. The lowest BCUT2D eigenvalue weighted by Crippen LogP contribution is -2.31. The zero-order valence-corrected chi connectivity index (χ0v) is 20.3. The number of nitriles is 1. The Bertz CT molecular complexity index is 1220. The van der Waals surface area contributed by atoms with Crippen LogP contribution in [0, 0.1) is 11.3 Å². The quantitative estimate of drug-likeness (QED) is 0.499. The van der Waals surface area contributed by atoms with Gasteiger partial charge >= 0.3 is 6.18 Å². The highest BCUT2D eigenvalue weighted by atomic mass is 32.2. The Balaban J connectivity index is 1.82.